The van der Waals surface area contributed by atoms with E-state index in [0.29, 0.717) is 13.0 Å². The topological polar surface area (TPSA) is 126 Å². The van der Waals surface area contributed by atoms with Crippen molar-refractivity contribution < 1.29 is 19.5 Å². The third-order valence-corrected chi connectivity index (χ3v) is 2.40. The van der Waals surface area contributed by atoms with Crippen LogP contribution in [0.5, 0.6) is 0 Å². The first-order valence-corrected chi connectivity index (χ1v) is 5.91. The minimum atomic E-state index is -1.21. The van der Waals surface area contributed by atoms with Gasteiger partial charge in [-0.1, -0.05) is 0 Å². The van der Waals surface area contributed by atoms with Crippen molar-refractivity contribution >= 4 is 17.9 Å². The second kappa shape index (κ2) is 7.72. The molecule has 0 aromatic carbocycles. The summed E-state index contributed by atoms with van der Waals surface area (Å²) in [4.78, 5) is 37.9. The number of hydrogen-bond donors (Lipinski definition) is 3. The Kier molecular flexibility index (Phi) is 5.95. The second-order valence-corrected chi connectivity index (χ2v) is 4.05. The number of carboxylic acids is 1. The van der Waals surface area contributed by atoms with Gasteiger partial charge in [0.25, 0.3) is 0 Å². The molecule has 0 radical (unpaired) electrons. The summed E-state index contributed by atoms with van der Waals surface area (Å²) in [5.41, 5.74) is 5.95. The summed E-state index contributed by atoms with van der Waals surface area (Å²) in [6.07, 6.45) is 3.85. The van der Waals surface area contributed by atoms with E-state index in [1.165, 1.54) is 0 Å². The number of amides is 3. The summed E-state index contributed by atoms with van der Waals surface area (Å²) < 4.78 is 0. The van der Waals surface area contributed by atoms with Crippen LogP contribution in [0.2, 0.25) is 0 Å². The third-order valence-electron chi connectivity index (χ3n) is 2.40. The van der Waals surface area contributed by atoms with E-state index in [9.17, 15) is 14.4 Å². The molecule has 0 saturated carbocycles. The zero-order valence-corrected chi connectivity index (χ0v) is 10.8. The molecule has 0 aliphatic rings. The molecule has 0 aliphatic carbocycles. The molecule has 0 atom stereocenters. The second-order valence-electron chi connectivity index (χ2n) is 4.05. The number of nitrogens with zero attached hydrogens (tertiary/aromatic N) is 2. The summed E-state index contributed by atoms with van der Waals surface area (Å²) in [5, 5.41) is 11.2. The standard InChI is InChI=1S/C12H16N4O4/c13-10(17)7-16(8-11(18)19)12(20)15-6-3-9-1-4-14-5-2-9/h1-2,4-5H,3,6-8H2,(H2,13,17)(H,15,20)(H,18,19). The number of carbonyl (C=O) groups excluding carboxylic acids is 2. The highest BCUT2D eigenvalue weighted by molar-refractivity contribution is 5.85. The quantitative estimate of drug-likeness (QED) is 0.603. The van der Waals surface area contributed by atoms with Crippen LogP contribution in [0.15, 0.2) is 24.5 Å². The Morgan fingerprint density at radius 1 is 1.25 bits per heavy atom. The number of hydrogen-bond acceptors (Lipinski definition) is 4. The van der Waals surface area contributed by atoms with Crippen molar-refractivity contribution in [2.24, 2.45) is 5.73 Å². The predicted molar refractivity (Wildman–Crippen MR) is 69.7 cm³/mol. The van der Waals surface area contributed by atoms with Gasteiger partial charge >= 0.3 is 12.0 Å². The molecule has 0 bridgehead atoms. The molecule has 0 spiro atoms. The van der Waals surface area contributed by atoms with Gasteiger partial charge in [0.2, 0.25) is 5.91 Å². The molecule has 4 N–H and O–H groups in total. The van der Waals surface area contributed by atoms with Crippen LogP contribution in [-0.4, -0.2) is 52.5 Å². The van der Waals surface area contributed by atoms with E-state index in [1.807, 2.05) is 12.1 Å². The summed E-state index contributed by atoms with van der Waals surface area (Å²) in [7, 11) is 0. The van der Waals surface area contributed by atoms with Crippen LogP contribution in [0.25, 0.3) is 0 Å². The van der Waals surface area contributed by atoms with Crippen LogP contribution in [0.4, 0.5) is 4.79 Å². The Balaban J connectivity index is 2.45. The smallest absolute Gasteiger partial charge is 0.323 e. The fourth-order valence-corrected chi connectivity index (χ4v) is 1.53. The highest BCUT2D eigenvalue weighted by Gasteiger charge is 2.18. The number of rotatable bonds is 7. The minimum absolute atomic E-state index is 0.317. The highest BCUT2D eigenvalue weighted by atomic mass is 16.4. The fourth-order valence-electron chi connectivity index (χ4n) is 1.53. The van der Waals surface area contributed by atoms with Crippen molar-refractivity contribution in [3.8, 4) is 0 Å². The maximum atomic E-state index is 11.7. The molecule has 0 fully saturated rings. The lowest BCUT2D eigenvalue weighted by atomic mass is 10.2. The van der Waals surface area contributed by atoms with Gasteiger partial charge in [0.1, 0.15) is 13.1 Å². The lowest BCUT2D eigenvalue weighted by Crippen LogP contribution is -2.47. The number of carboxylic acid groups (broad SMARTS) is 1. The van der Waals surface area contributed by atoms with Crippen molar-refractivity contribution in [1.29, 1.82) is 0 Å². The Morgan fingerprint density at radius 2 is 1.90 bits per heavy atom. The number of primary amides is 1. The number of urea groups is 1. The van der Waals surface area contributed by atoms with Gasteiger partial charge in [-0.15, -0.1) is 0 Å². The molecule has 20 heavy (non-hydrogen) atoms. The zero-order chi connectivity index (χ0) is 15.0. The molecule has 3 amide bonds. The monoisotopic (exact) mass is 280 g/mol. The molecule has 8 heteroatoms. The molecule has 108 valence electrons. The molecule has 1 heterocycles. The van der Waals surface area contributed by atoms with Gasteiger partial charge in [-0.3, -0.25) is 14.6 Å². The molecule has 0 aliphatic heterocycles. The lowest BCUT2D eigenvalue weighted by Gasteiger charge is -2.19. The molecule has 1 aromatic heterocycles. The number of nitrogens with one attached hydrogen (secondary N) is 1. The molecule has 1 aromatic rings. The average Bonchev–Trinajstić information content (AvgIpc) is 2.38. The number of aromatic nitrogens is 1. The first kappa shape index (κ1) is 15.4. The largest absolute Gasteiger partial charge is 0.480 e. The Hall–Kier alpha value is -2.64. The Labute approximate surface area is 115 Å². The van der Waals surface area contributed by atoms with Crippen molar-refractivity contribution in [3.05, 3.63) is 30.1 Å². The van der Waals surface area contributed by atoms with Crippen LogP contribution in [0, 0.1) is 0 Å². The van der Waals surface area contributed by atoms with Crippen LogP contribution in [0.3, 0.4) is 0 Å². The average molecular weight is 280 g/mol. The number of nitrogens with two attached hydrogens (primary N) is 1. The molecule has 8 nitrogen and oxygen atoms in total. The molecule has 1 rings (SSSR count). The van der Waals surface area contributed by atoms with Gasteiger partial charge in [0, 0.05) is 18.9 Å². The summed E-state index contributed by atoms with van der Waals surface area (Å²) in [5.74, 6) is -1.98. The van der Waals surface area contributed by atoms with E-state index >= 15 is 0 Å². The highest BCUT2D eigenvalue weighted by Crippen LogP contribution is 1.97. The van der Waals surface area contributed by atoms with Crippen LogP contribution >= 0.6 is 0 Å². The number of pyridine rings is 1. The number of aliphatic carboxylic acids is 1. The van der Waals surface area contributed by atoms with Crippen LogP contribution in [0.1, 0.15) is 5.56 Å². The molecular weight excluding hydrogens is 264 g/mol. The molecule has 0 saturated heterocycles. The maximum Gasteiger partial charge on any atom is 0.323 e. The normalized spacial score (nSPS) is 9.80. The van der Waals surface area contributed by atoms with Crippen molar-refractivity contribution in [2.45, 2.75) is 6.42 Å². The van der Waals surface area contributed by atoms with Crippen molar-refractivity contribution in [1.82, 2.24) is 15.2 Å². The molecule has 0 unspecified atom stereocenters. The summed E-state index contributed by atoms with van der Waals surface area (Å²) in [6, 6.07) is 2.98. The third kappa shape index (κ3) is 5.80. The van der Waals surface area contributed by atoms with Gasteiger partial charge in [0.15, 0.2) is 0 Å². The number of carbonyl (C=O) groups is 3. The van der Waals surface area contributed by atoms with Crippen molar-refractivity contribution in [3.63, 3.8) is 0 Å². The van der Waals surface area contributed by atoms with Crippen molar-refractivity contribution in [2.75, 3.05) is 19.6 Å². The van der Waals surface area contributed by atoms with Gasteiger partial charge < -0.3 is 21.1 Å². The lowest BCUT2D eigenvalue weighted by molar-refractivity contribution is -0.137. The maximum absolute atomic E-state index is 11.7. The van der Waals surface area contributed by atoms with E-state index in [4.69, 9.17) is 10.8 Å². The molecular formula is C12H16N4O4. The fraction of sp³-hybridized carbons (Fsp3) is 0.333. The van der Waals surface area contributed by atoms with Gasteiger partial charge in [-0.05, 0) is 24.1 Å². The summed E-state index contributed by atoms with van der Waals surface area (Å²) >= 11 is 0. The van der Waals surface area contributed by atoms with E-state index < -0.39 is 31.0 Å². The summed E-state index contributed by atoms with van der Waals surface area (Å²) in [6.45, 7) is -0.699. The van der Waals surface area contributed by atoms with Gasteiger partial charge in [0.05, 0.1) is 0 Å². The van der Waals surface area contributed by atoms with Crippen LogP contribution < -0.4 is 11.1 Å². The van der Waals surface area contributed by atoms with E-state index in [2.05, 4.69) is 10.3 Å². The Morgan fingerprint density at radius 3 is 2.45 bits per heavy atom. The Bertz CT molecular complexity index is 462. The zero-order valence-electron chi connectivity index (χ0n) is 10.8. The van der Waals surface area contributed by atoms with E-state index in [1.54, 1.807) is 12.4 Å². The SMILES string of the molecule is NC(=O)CN(CC(=O)O)C(=O)NCCc1ccncc1. The van der Waals surface area contributed by atoms with Crippen LogP contribution in [-0.2, 0) is 16.0 Å². The first-order valence-electron chi connectivity index (χ1n) is 5.91. The van der Waals surface area contributed by atoms with Gasteiger partial charge in [-0.2, -0.15) is 0 Å². The first-order chi connectivity index (χ1) is 9.49. The van der Waals surface area contributed by atoms with Gasteiger partial charge in [-0.25, -0.2) is 4.79 Å². The predicted octanol–water partition coefficient (Wildman–Crippen LogP) is -0.794. The van der Waals surface area contributed by atoms with E-state index in [-0.39, 0.29) is 0 Å². The van der Waals surface area contributed by atoms with E-state index in [0.717, 1.165) is 10.5 Å². The minimum Gasteiger partial charge on any atom is -0.480 e.